The number of hydrogen-bond acceptors (Lipinski definition) is 1. The number of Topliss-reactive ketones (excluding diaryl/α,β-unsaturated/α-hetero) is 1. The second-order valence-corrected chi connectivity index (χ2v) is 4.90. The molecular formula is C10H11IO. The molecule has 1 unspecified atom stereocenters. The van der Waals surface area contributed by atoms with E-state index in [0.29, 0.717) is 10.3 Å². The standard InChI is InChI=1S/C10H11IO/c1-8(11)7-10(12)9-5-3-2-4-6-9/h2-6,8H,7H2,1H3. The topological polar surface area (TPSA) is 17.1 Å². The Bertz CT molecular complexity index is 254. The van der Waals surface area contributed by atoms with Crippen molar-refractivity contribution in [3.63, 3.8) is 0 Å². The molecule has 0 spiro atoms. The molecule has 0 bridgehead atoms. The predicted molar refractivity (Wildman–Crippen MR) is 58.9 cm³/mol. The third-order valence-corrected chi connectivity index (χ3v) is 2.00. The van der Waals surface area contributed by atoms with Crippen molar-refractivity contribution in [2.75, 3.05) is 0 Å². The number of halogens is 1. The van der Waals surface area contributed by atoms with E-state index in [-0.39, 0.29) is 5.78 Å². The van der Waals surface area contributed by atoms with Gasteiger partial charge in [-0.2, -0.15) is 0 Å². The lowest BCUT2D eigenvalue weighted by molar-refractivity contribution is 0.0984. The van der Waals surface area contributed by atoms with Crippen LogP contribution in [0.1, 0.15) is 23.7 Å². The first-order valence-corrected chi connectivity index (χ1v) is 5.17. The van der Waals surface area contributed by atoms with Gasteiger partial charge in [0.05, 0.1) is 0 Å². The van der Waals surface area contributed by atoms with E-state index in [1.165, 1.54) is 0 Å². The summed E-state index contributed by atoms with van der Waals surface area (Å²) in [5.74, 6) is 0.234. The fraction of sp³-hybridized carbons (Fsp3) is 0.300. The van der Waals surface area contributed by atoms with Gasteiger partial charge in [0.2, 0.25) is 0 Å². The van der Waals surface area contributed by atoms with Gasteiger partial charge in [0, 0.05) is 15.9 Å². The second kappa shape index (κ2) is 4.60. The third-order valence-electron chi connectivity index (χ3n) is 1.56. The molecule has 0 N–H and O–H groups in total. The summed E-state index contributed by atoms with van der Waals surface area (Å²) in [6.45, 7) is 2.04. The smallest absolute Gasteiger partial charge is 0.163 e. The number of carbonyl (C=O) groups is 1. The monoisotopic (exact) mass is 274 g/mol. The first kappa shape index (κ1) is 9.71. The zero-order chi connectivity index (χ0) is 8.97. The molecule has 0 heterocycles. The number of benzene rings is 1. The van der Waals surface area contributed by atoms with E-state index in [2.05, 4.69) is 22.6 Å². The quantitative estimate of drug-likeness (QED) is 0.470. The molecule has 1 nitrogen and oxygen atoms in total. The molecule has 1 aromatic rings. The highest BCUT2D eigenvalue weighted by Crippen LogP contribution is 2.10. The number of carbonyl (C=O) groups excluding carboxylic acids is 1. The zero-order valence-corrected chi connectivity index (χ0v) is 9.11. The molecule has 64 valence electrons. The summed E-state index contributed by atoms with van der Waals surface area (Å²) < 4.78 is 0.412. The van der Waals surface area contributed by atoms with E-state index in [1.807, 2.05) is 37.3 Å². The minimum atomic E-state index is 0.234. The number of ketones is 1. The molecule has 0 aliphatic carbocycles. The van der Waals surface area contributed by atoms with Gasteiger partial charge in [-0.05, 0) is 0 Å². The minimum Gasteiger partial charge on any atom is -0.294 e. The van der Waals surface area contributed by atoms with Crippen LogP contribution in [0.5, 0.6) is 0 Å². The summed E-state index contributed by atoms with van der Waals surface area (Å²) in [4.78, 5) is 11.5. The molecule has 0 aliphatic rings. The van der Waals surface area contributed by atoms with E-state index < -0.39 is 0 Å². The Labute approximate surface area is 86.3 Å². The lowest BCUT2D eigenvalue weighted by Gasteiger charge is -2.01. The minimum absolute atomic E-state index is 0.234. The van der Waals surface area contributed by atoms with Crippen molar-refractivity contribution < 1.29 is 4.79 Å². The molecule has 1 rings (SSSR count). The van der Waals surface area contributed by atoms with E-state index in [0.717, 1.165) is 5.56 Å². The molecule has 12 heavy (non-hydrogen) atoms. The molecule has 0 fully saturated rings. The van der Waals surface area contributed by atoms with Gasteiger partial charge in [0.1, 0.15) is 0 Å². The van der Waals surface area contributed by atoms with Crippen molar-refractivity contribution >= 4 is 28.4 Å². The fourth-order valence-corrected chi connectivity index (χ4v) is 1.40. The zero-order valence-electron chi connectivity index (χ0n) is 6.96. The van der Waals surface area contributed by atoms with Crippen molar-refractivity contribution in [2.45, 2.75) is 17.3 Å². The second-order valence-electron chi connectivity index (χ2n) is 2.77. The van der Waals surface area contributed by atoms with Crippen molar-refractivity contribution in [2.24, 2.45) is 0 Å². The number of rotatable bonds is 3. The maximum absolute atomic E-state index is 11.5. The maximum Gasteiger partial charge on any atom is 0.163 e. The Hall–Kier alpha value is -0.380. The van der Waals surface area contributed by atoms with Crippen LogP contribution in [0.25, 0.3) is 0 Å². The molecular weight excluding hydrogens is 263 g/mol. The summed E-state index contributed by atoms with van der Waals surface area (Å²) in [7, 11) is 0. The van der Waals surface area contributed by atoms with Crippen molar-refractivity contribution in [1.29, 1.82) is 0 Å². The Balaban J connectivity index is 2.66. The predicted octanol–water partition coefficient (Wildman–Crippen LogP) is 3.08. The molecule has 0 aliphatic heterocycles. The van der Waals surface area contributed by atoms with Crippen LogP contribution in [0.2, 0.25) is 0 Å². The Kier molecular flexibility index (Phi) is 3.72. The first-order chi connectivity index (χ1) is 5.70. The lowest BCUT2D eigenvalue weighted by Crippen LogP contribution is -2.04. The van der Waals surface area contributed by atoms with Crippen LogP contribution in [0, 0.1) is 0 Å². The Morgan fingerprint density at radius 2 is 2.00 bits per heavy atom. The van der Waals surface area contributed by atoms with Crippen LogP contribution in [0.15, 0.2) is 30.3 Å². The summed E-state index contributed by atoms with van der Waals surface area (Å²) in [5, 5.41) is 0. The molecule has 0 saturated heterocycles. The van der Waals surface area contributed by atoms with E-state index in [9.17, 15) is 4.79 Å². The third kappa shape index (κ3) is 2.93. The van der Waals surface area contributed by atoms with E-state index in [1.54, 1.807) is 0 Å². The average molecular weight is 274 g/mol. The molecule has 1 atom stereocenters. The summed E-state index contributed by atoms with van der Waals surface area (Å²) in [5.41, 5.74) is 0.820. The Morgan fingerprint density at radius 3 is 2.50 bits per heavy atom. The van der Waals surface area contributed by atoms with Gasteiger partial charge in [-0.1, -0.05) is 59.8 Å². The highest BCUT2D eigenvalue weighted by atomic mass is 127. The normalized spacial score (nSPS) is 12.5. The van der Waals surface area contributed by atoms with Gasteiger partial charge in [0.25, 0.3) is 0 Å². The van der Waals surface area contributed by atoms with Crippen LogP contribution < -0.4 is 0 Å². The first-order valence-electron chi connectivity index (χ1n) is 3.92. The van der Waals surface area contributed by atoms with Gasteiger partial charge in [0.15, 0.2) is 5.78 Å². The van der Waals surface area contributed by atoms with Crippen LogP contribution >= 0.6 is 22.6 Å². The van der Waals surface area contributed by atoms with Crippen molar-refractivity contribution in [3.05, 3.63) is 35.9 Å². The van der Waals surface area contributed by atoms with Gasteiger partial charge in [-0.15, -0.1) is 0 Å². The Morgan fingerprint density at radius 1 is 1.42 bits per heavy atom. The van der Waals surface area contributed by atoms with Gasteiger partial charge in [-0.3, -0.25) is 4.79 Å². The van der Waals surface area contributed by atoms with Gasteiger partial charge < -0.3 is 0 Å². The summed E-state index contributed by atoms with van der Waals surface area (Å²) in [6.07, 6.45) is 0.630. The number of hydrogen-bond donors (Lipinski definition) is 0. The van der Waals surface area contributed by atoms with E-state index >= 15 is 0 Å². The summed E-state index contributed by atoms with van der Waals surface area (Å²) >= 11 is 2.26. The molecule has 2 heteroatoms. The van der Waals surface area contributed by atoms with Gasteiger partial charge >= 0.3 is 0 Å². The van der Waals surface area contributed by atoms with Crippen LogP contribution in [-0.4, -0.2) is 9.71 Å². The molecule has 0 saturated carbocycles. The highest BCUT2D eigenvalue weighted by molar-refractivity contribution is 14.1. The fourth-order valence-electron chi connectivity index (χ4n) is 0.997. The van der Waals surface area contributed by atoms with Crippen LogP contribution in [0.4, 0.5) is 0 Å². The highest BCUT2D eigenvalue weighted by Gasteiger charge is 2.07. The maximum atomic E-state index is 11.5. The molecule has 0 amide bonds. The van der Waals surface area contributed by atoms with Crippen molar-refractivity contribution in [1.82, 2.24) is 0 Å². The van der Waals surface area contributed by atoms with Crippen molar-refractivity contribution in [3.8, 4) is 0 Å². The number of alkyl halides is 1. The lowest BCUT2D eigenvalue weighted by atomic mass is 10.1. The SMILES string of the molecule is CC(I)CC(=O)c1ccccc1. The van der Waals surface area contributed by atoms with Crippen LogP contribution in [0.3, 0.4) is 0 Å². The largest absolute Gasteiger partial charge is 0.294 e. The summed E-state index contributed by atoms with van der Waals surface area (Å²) in [6, 6.07) is 9.43. The van der Waals surface area contributed by atoms with E-state index in [4.69, 9.17) is 0 Å². The molecule has 1 aromatic carbocycles. The average Bonchev–Trinajstić information content (AvgIpc) is 2.05. The van der Waals surface area contributed by atoms with Gasteiger partial charge in [-0.25, -0.2) is 0 Å². The molecule has 0 radical (unpaired) electrons. The molecule has 0 aromatic heterocycles. The van der Waals surface area contributed by atoms with Crippen LogP contribution in [-0.2, 0) is 0 Å².